The number of nitrogens with one attached hydrogen (secondary N) is 1. The minimum atomic E-state index is -3.07. The summed E-state index contributed by atoms with van der Waals surface area (Å²) in [6.07, 6.45) is 6.25. The minimum absolute atomic E-state index is 0.0703. The summed E-state index contributed by atoms with van der Waals surface area (Å²) in [5, 5.41) is 3.34. The van der Waals surface area contributed by atoms with E-state index in [4.69, 9.17) is 4.98 Å². The predicted molar refractivity (Wildman–Crippen MR) is 87.5 cm³/mol. The third-order valence-corrected chi connectivity index (χ3v) is 7.75. The van der Waals surface area contributed by atoms with Crippen molar-refractivity contribution in [3.05, 3.63) is 16.1 Å². The summed E-state index contributed by atoms with van der Waals surface area (Å²) in [6.45, 7) is 2.70. The number of nitrogens with zero attached hydrogens (tertiary/aromatic N) is 2. The van der Waals surface area contributed by atoms with E-state index in [0.717, 1.165) is 56.9 Å². The fraction of sp³-hybridized carbons (Fsp3) is 0.800. The fourth-order valence-electron chi connectivity index (χ4n) is 3.14. The van der Waals surface area contributed by atoms with E-state index in [-0.39, 0.29) is 11.3 Å². The van der Waals surface area contributed by atoms with Gasteiger partial charge in [-0.2, -0.15) is 0 Å². The van der Waals surface area contributed by atoms with Crippen LogP contribution in [0.5, 0.6) is 0 Å². The van der Waals surface area contributed by atoms with Crippen molar-refractivity contribution in [2.24, 2.45) is 0 Å². The Morgan fingerprint density at radius 3 is 2.82 bits per heavy atom. The summed E-state index contributed by atoms with van der Waals surface area (Å²) in [7, 11) is -3.07. The summed E-state index contributed by atoms with van der Waals surface area (Å²) >= 11 is 1.78. The van der Waals surface area contributed by atoms with Crippen molar-refractivity contribution < 1.29 is 8.42 Å². The quantitative estimate of drug-likeness (QED) is 0.860. The minimum Gasteiger partial charge on any atom is -0.296 e. The van der Waals surface area contributed by atoms with E-state index in [1.54, 1.807) is 11.3 Å². The molecule has 2 heterocycles. The van der Waals surface area contributed by atoms with Crippen molar-refractivity contribution in [2.45, 2.75) is 62.3 Å². The molecule has 2 saturated carbocycles. The van der Waals surface area contributed by atoms with Gasteiger partial charge in [0, 0.05) is 30.4 Å². The van der Waals surface area contributed by atoms with E-state index in [1.165, 1.54) is 17.8 Å². The summed E-state index contributed by atoms with van der Waals surface area (Å²) < 4.78 is 27.1. The molecule has 1 aromatic heterocycles. The van der Waals surface area contributed by atoms with Crippen LogP contribution >= 0.6 is 11.3 Å². The Morgan fingerprint density at radius 2 is 2.09 bits per heavy atom. The third-order valence-electron chi connectivity index (χ3n) is 4.68. The lowest BCUT2D eigenvalue weighted by Gasteiger charge is -2.32. The lowest BCUT2D eigenvalue weighted by atomic mass is 10.1. The highest BCUT2D eigenvalue weighted by atomic mass is 32.2. The molecule has 1 atom stereocenters. The Bertz CT molecular complexity index is 635. The Hall–Kier alpha value is -0.500. The summed E-state index contributed by atoms with van der Waals surface area (Å²) in [5.74, 6) is 0.721. The van der Waals surface area contributed by atoms with Crippen LogP contribution in [0.15, 0.2) is 5.38 Å². The van der Waals surface area contributed by atoms with E-state index in [9.17, 15) is 8.42 Å². The van der Waals surface area contributed by atoms with Gasteiger partial charge in [-0.15, -0.1) is 11.3 Å². The van der Waals surface area contributed by atoms with Crippen LogP contribution in [0.25, 0.3) is 0 Å². The molecule has 7 heteroatoms. The monoisotopic (exact) mass is 341 g/mol. The van der Waals surface area contributed by atoms with E-state index >= 15 is 0 Å². The van der Waals surface area contributed by atoms with Gasteiger partial charge >= 0.3 is 0 Å². The molecule has 0 radical (unpaired) electrons. The van der Waals surface area contributed by atoms with Crippen molar-refractivity contribution in [3.63, 3.8) is 0 Å². The van der Waals surface area contributed by atoms with Gasteiger partial charge in [0.1, 0.15) is 0 Å². The zero-order valence-electron chi connectivity index (χ0n) is 12.7. The molecule has 1 unspecified atom stereocenters. The zero-order chi connectivity index (χ0) is 15.2. The Morgan fingerprint density at radius 1 is 1.27 bits per heavy atom. The molecule has 1 saturated heterocycles. The maximum absolute atomic E-state index is 12.1. The summed E-state index contributed by atoms with van der Waals surface area (Å²) in [4.78, 5) is 7.08. The molecule has 0 bridgehead atoms. The molecule has 22 heavy (non-hydrogen) atoms. The summed E-state index contributed by atoms with van der Waals surface area (Å²) in [6, 6.07) is 0.0703. The first kappa shape index (κ1) is 15.1. The van der Waals surface area contributed by atoms with E-state index < -0.39 is 10.0 Å². The van der Waals surface area contributed by atoms with Gasteiger partial charge in [-0.25, -0.2) is 18.1 Å². The number of rotatable bonds is 6. The summed E-state index contributed by atoms with van der Waals surface area (Å²) in [5.41, 5.74) is 1.15. The van der Waals surface area contributed by atoms with E-state index in [1.807, 2.05) is 0 Å². The maximum atomic E-state index is 12.1. The maximum Gasteiger partial charge on any atom is 0.214 e. The second-order valence-corrected chi connectivity index (χ2v) is 9.77. The molecule has 1 aromatic rings. The second kappa shape index (κ2) is 5.85. The van der Waals surface area contributed by atoms with Gasteiger partial charge in [-0.1, -0.05) is 0 Å². The SMILES string of the molecule is O=S(=O)(NC1CCCN(Cc2csc(C3CC3)n2)C1)C1CC1. The highest BCUT2D eigenvalue weighted by Gasteiger charge is 2.37. The molecular weight excluding hydrogens is 318 g/mol. The van der Waals surface area contributed by atoms with Crippen LogP contribution in [0.1, 0.15) is 55.1 Å². The van der Waals surface area contributed by atoms with Crippen LogP contribution < -0.4 is 4.72 Å². The fourth-order valence-corrected chi connectivity index (χ4v) is 5.73. The average molecular weight is 342 g/mol. The molecule has 3 fully saturated rings. The highest BCUT2D eigenvalue weighted by molar-refractivity contribution is 7.90. The third kappa shape index (κ3) is 3.53. The molecule has 122 valence electrons. The Balaban J connectivity index is 1.33. The van der Waals surface area contributed by atoms with Crippen molar-refractivity contribution in [1.82, 2.24) is 14.6 Å². The van der Waals surface area contributed by atoms with Crippen molar-refractivity contribution in [2.75, 3.05) is 13.1 Å². The molecule has 0 amide bonds. The molecule has 5 nitrogen and oxygen atoms in total. The van der Waals surface area contributed by atoms with Gasteiger partial charge in [0.15, 0.2) is 0 Å². The van der Waals surface area contributed by atoms with Crippen LogP contribution in [-0.4, -0.2) is 42.7 Å². The van der Waals surface area contributed by atoms with Crippen molar-refractivity contribution in [1.29, 1.82) is 0 Å². The standard InChI is InChI=1S/C15H23N3O2S2/c19-22(20,14-5-6-14)17-12-2-1-7-18(8-12)9-13-10-21-15(16-13)11-3-4-11/h10-12,14,17H,1-9H2. The van der Waals surface area contributed by atoms with Crippen LogP contribution in [0.3, 0.4) is 0 Å². The number of likely N-dealkylation sites (tertiary alicyclic amines) is 1. The van der Waals surface area contributed by atoms with Gasteiger partial charge in [-0.05, 0) is 45.1 Å². The van der Waals surface area contributed by atoms with Crippen LogP contribution in [-0.2, 0) is 16.6 Å². The molecule has 2 aliphatic carbocycles. The molecule has 0 spiro atoms. The number of aromatic nitrogens is 1. The van der Waals surface area contributed by atoms with Gasteiger partial charge in [0.25, 0.3) is 0 Å². The van der Waals surface area contributed by atoms with Gasteiger partial charge in [0.2, 0.25) is 10.0 Å². The van der Waals surface area contributed by atoms with Gasteiger partial charge in [-0.3, -0.25) is 4.90 Å². The topological polar surface area (TPSA) is 62.3 Å². The van der Waals surface area contributed by atoms with Gasteiger partial charge < -0.3 is 0 Å². The number of hydrogen-bond donors (Lipinski definition) is 1. The van der Waals surface area contributed by atoms with Crippen molar-refractivity contribution >= 4 is 21.4 Å². The smallest absolute Gasteiger partial charge is 0.214 e. The van der Waals surface area contributed by atoms with Gasteiger partial charge in [0.05, 0.1) is 16.0 Å². The average Bonchev–Trinajstić information content (AvgIpc) is 3.37. The molecule has 0 aromatic carbocycles. The van der Waals surface area contributed by atoms with E-state index in [0.29, 0.717) is 0 Å². The highest BCUT2D eigenvalue weighted by Crippen LogP contribution is 2.41. The molecule has 1 aliphatic heterocycles. The lowest BCUT2D eigenvalue weighted by molar-refractivity contribution is 0.192. The molecule has 3 aliphatic rings. The largest absolute Gasteiger partial charge is 0.296 e. The zero-order valence-corrected chi connectivity index (χ0v) is 14.3. The normalized spacial score (nSPS) is 27.2. The first-order valence-electron chi connectivity index (χ1n) is 8.28. The van der Waals surface area contributed by atoms with Crippen LogP contribution in [0.4, 0.5) is 0 Å². The first-order chi connectivity index (χ1) is 10.6. The first-order valence-corrected chi connectivity index (χ1v) is 10.7. The Labute approximate surface area is 136 Å². The molecule has 4 rings (SSSR count). The van der Waals surface area contributed by atoms with Crippen molar-refractivity contribution in [3.8, 4) is 0 Å². The predicted octanol–water partition coefficient (Wildman–Crippen LogP) is 2.07. The second-order valence-electron chi connectivity index (χ2n) is 6.89. The number of thiazole rings is 1. The number of piperidine rings is 1. The number of sulfonamides is 1. The molecule has 1 N–H and O–H groups in total. The number of hydrogen-bond acceptors (Lipinski definition) is 5. The van der Waals surface area contributed by atoms with Crippen LogP contribution in [0, 0.1) is 0 Å². The Kier molecular flexibility index (Phi) is 4.00. The van der Waals surface area contributed by atoms with Crippen LogP contribution in [0.2, 0.25) is 0 Å². The lowest BCUT2D eigenvalue weighted by Crippen LogP contribution is -2.48. The molecular formula is C15H23N3O2S2. The van der Waals surface area contributed by atoms with E-state index in [2.05, 4.69) is 15.0 Å².